The summed E-state index contributed by atoms with van der Waals surface area (Å²) >= 11 is 0. The predicted molar refractivity (Wildman–Crippen MR) is 115 cm³/mol. The summed E-state index contributed by atoms with van der Waals surface area (Å²) in [5.41, 5.74) is 3.86. The number of hydrogen-bond donors (Lipinski definition) is 0. The van der Waals surface area contributed by atoms with Crippen LogP contribution in [0.25, 0.3) is 0 Å². The molecule has 0 aromatic heterocycles. The molecule has 2 fully saturated rings. The Hall–Kier alpha value is -0.520. The fourth-order valence-electron chi connectivity index (χ4n) is 5.56. The highest BCUT2D eigenvalue weighted by molar-refractivity contribution is 5.26. The summed E-state index contributed by atoms with van der Waals surface area (Å²) in [6.45, 7) is 27.8. The van der Waals surface area contributed by atoms with Crippen LogP contribution in [0.1, 0.15) is 100 Å². The van der Waals surface area contributed by atoms with Crippen molar-refractivity contribution in [3.05, 3.63) is 24.3 Å². The van der Waals surface area contributed by atoms with Crippen molar-refractivity contribution in [3.8, 4) is 0 Å². The maximum absolute atomic E-state index is 4.70. The zero-order valence-corrected chi connectivity index (χ0v) is 18.7. The molecule has 0 amide bonds. The van der Waals surface area contributed by atoms with E-state index in [-0.39, 0.29) is 0 Å². The zero-order valence-electron chi connectivity index (χ0n) is 18.7. The molecular formula is C25H46. The molecule has 0 spiro atoms. The van der Waals surface area contributed by atoms with E-state index in [9.17, 15) is 0 Å². The maximum atomic E-state index is 4.70. The topological polar surface area (TPSA) is 0 Å². The Labute approximate surface area is 159 Å². The van der Waals surface area contributed by atoms with Gasteiger partial charge in [-0.05, 0) is 66.6 Å². The van der Waals surface area contributed by atoms with E-state index >= 15 is 0 Å². The van der Waals surface area contributed by atoms with Crippen LogP contribution in [0.4, 0.5) is 0 Å². The van der Waals surface area contributed by atoms with Crippen LogP contribution in [0, 0.1) is 34.5 Å². The lowest BCUT2D eigenvalue weighted by Gasteiger charge is -2.55. The van der Waals surface area contributed by atoms with E-state index in [4.69, 9.17) is 6.58 Å². The third kappa shape index (κ3) is 4.42. The first kappa shape index (κ1) is 22.5. The largest absolute Gasteiger partial charge is 0.0993 e. The van der Waals surface area contributed by atoms with Gasteiger partial charge in [-0.2, -0.15) is 0 Å². The molecule has 2 rings (SSSR count). The molecule has 2 unspecified atom stereocenters. The smallest absolute Gasteiger partial charge is 0.0109 e. The molecule has 0 saturated heterocycles. The van der Waals surface area contributed by atoms with Crippen molar-refractivity contribution in [3.63, 3.8) is 0 Å². The van der Waals surface area contributed by atoms with Crippen LogP contribution in [0.5, 0.6) is 0 Å². The molecule has 0 nitrogen and oxygen atoms in total. The standard InChI is InChI=1S/C23H40.C2H6/c1-9-11-13-23(8,10-2)18(5)21-16(3)15-20-17(4)19(21)12-14-22(20,6)7;1-2/h16,19-21H,4-5,9-15H2,1-3,6-8H3;1-2H3/t16-,19-,20-,21?,23?;/m0./s1. The number of unbranched alkanes of at least 4 members (excludes halogenated alkanes) is 1. The van der Waals surface area contributed by atoms with Gasteiger partial charge in [0, 0.05) is 0 Å². The van der Waals surface area contributed by atoms with Crippen LogP contribution in [0.2, 0.25) is 0 Å². The average Bonchev–Trinajstić information content (AvgIpc) is 2.59. The van der Waals surface area contributed by atoms with Crippen LogP contribution < -0.4 is 0 Å². The second-order valence-corrected chi connectivity index (χ2v) is 9.54. The molecule has 5 atom stereocenters. The molecule has 2 aliphatic carbocycles. The van der Waals surface area contributed by atoms with Gasteiger partial charge >= 0.3 is 0 Å². The summed E-state index contributed by atoms with van der Waals surface area (Å²) < 4.78 is 0. The Morgan fingerprint density at radius 3 is 2.36 bits per heavy atom. The summed E-state index contributed by atoms with van der Waals surface area (Å²) in [5, 5.41) is 0. The second-order valence-electron chi connectivity index (χ2n) is 9.54. The van der Waals surface area contributed by atoms with Crippen molar-refractivity contribution in [2.75, 3.05) is 0 Å². The fourth-order valence-corrected chi connectivity index (χ4v) is 5.56. The van der Waals surface area contributed by atoms with Crippen molar-refractivity contribution in [2.45, 2.75) is 100 Å². The first-order chi connectivity index (χ1) is 11.7. The Bertz CT molecular complexity index is 455. The van der Waals surface area contributed by atoms with Gasteiger partial charge in [-0.1, -0.05) is 92.5 Å². The minimum Gasteiger partial charge on any atom is -0.0993 e. The highest BCUT2D eigenvalue weighted by Crippen LogP contribution is 2.59. The van der Waals surface area contributed by atoms with Gasteiger partial charge in [0.2, 0.25) is 0 Å². The van der Waals surface area contributed by atoms with Crippen LogP contribution >= 0.6 is 0 Å². The maximum Gasteiger partial charge on any atom is -0.0109 e. The van der Waals surface area contributed by atoms with Gasteiger partial charge in [-0.15, -0.1) is 0 Å². The first-order valence-corrected chi connectivity index (χ1v) is 11.1. The van der Waals surface area contributed by atoms with Crippen molar-refractivity contribution >= 4 is 0 Å². The highest BCUT2D eigenvalue weighted by Gasteiger charge is 2.49. The van der Waals surface area contributed by atoms with E-state index in [1.165, 1.54) is 44.9 Å². The molecular weight excluding hydrogens is 300 g/mol. The Kier molecular flexibility index (Phi) is 8.03. The van der Waals surface area contributed by atoms with Gasteiger partial charge < -0.3 is 0 Å². The summed E-state index contributed by atoms with van der Waals surface area (Å²) in [7, 11) is 0. The van der Waals surface area contributed by atoms with Crippen LogP contribution in [0.3, 0.4) is 0 Å². The summed E-state index contributed by atoms with van der Waals surface area (Å²) in [4.78, 5) is 0. The van der Waals surface area contributed by atoms with Gasteiger partial charge in [0.1, 0.15) is 0 Å². The van der Waals surface area contributed by atoms with E-state index < -0.39 is 0 Å². The third-order valence-electron chi connectivity index (χ3n) is 7.66. The second kappa shape index (κ2) is 8.92. The lowest BCUT2D eigenvalue weighted by atomic mass is 9.50. The van der Waals surface area contributed by atoms with Crippen LogP contribution in [-0.4, -0.2) is 0 Å². The van der Waals surface area contributed by atoms with Crippen molar-refractivity contribution in [2.24, 2.45) is 34.5 Å². The van der Waals surface area contributed by atoms with Crippen LogP contribution in [-0.2, 0) is 0 Å². The van der Waals surface area contributed by atoms with Gasteiger partial charge in [0.25, 0.3) is 0 Å². The summed E-state index contributed by atoms with van der Waals surface area (Å²) in [6.07, 6.45) is 9.14. The normalized spacial score (nSPS) is 33.0. The van der Waals surface area contributed by atoms with Crippen LogP contribution in [0.15, 0.2) is 24.3 Å². The molecule has 146 valence electrons. The van der Waals surface area contributed by atoms with Crippen molar-refractivity contribution in [1.82, 2.24) is 0 Å². The molecule has 25 heavy (non-hydrogen) atoms. The molecule has 0 aromatic rings. The zero-order chi connectivity index (χ0) is 19.4. The van der Waals surface area contributed by atoms with E-state index in [2.05, 4.69) is 48.1 Å². The molecule has 0 aromatic carbocycles. The number of fused-ring (bicyclic) bond motifs is 2. The molecule has 0 aliphatic heterocycles. The third-order valence-corrected chi connectivity index (χ3v) is 7.66. The molecule has 2 bridgehead atoms. The van der Waals surface area contributed by atoms with Gasteiger partial charge in [-0.3, -0.25) is 0 Å². The molecule has 0 N–H and O–H groups in total. The van der Waals surface area contributed by atoms with Gasteiger partial charge in [0.15, 0.2) is 0 Å². The van der Waals surface area contributed by atoms with Crippen molar-refractivity contribution in [1.29, 1.82) is 0 Å². The fraction of sp³-hybridized carbons (Fsp3) is 0.840. The average molecular weight is 347 g/mol. The predicted octanol–water partition coefficient (Wildman–Crippen LogP) is 8.44. The molecule has 2 saturated carbocycles. The Balaban J connectivity index is 0.00000151. The van der Waals surface area contributed by atoms with E-state index in [1.54, 1.807) is 11.1 Å². The minimum absolute atomic E-state index is 0.315. The van der Waals surface area contributed by atoms with Gasteiger partial charge in [0.05, 0.1) is 0 Å². The lowest BCUT2D eigenvalue weighted by Crippen LogP contribution is -2.46. The van der Waals surface area contributed by atoms with Crippen molar-refractivity contribution < 1.29 is 0 Å². The Morgan fingerprint density at radius 2 is 1.84 bits per heavy atom. The molecule has 0 radical (unpaired) electrons. The number of allylic oxidation sites excluding steroid dienone is 2. The summed E-state index contributed by atoms with van der Waals surface area (Å²) in [5.74, 6) is 2.84. The summed E-state index contributed by atoms with van der Waals surface area (Å²) in [6, 6.07) is 0. The lowest BCUT2D eigenvalue weighted by molar-refractivity contribution is 0.0511. The quantitative estimate of drug-likeness (QED) is 0.423. The monoisotopic (exact) mass is 346 g/mol. The molecule has 2 aliphatic rings. The molecule has 0 heterocycles. The highest BCUT2D eigenvalue weighted by atomic mass is 14.5. The number of hydrogen-bond acceptors (Lipinski definition) is 0. The first-order valence-electron chi connectivity index (χ1n) is 11.1. The Morgan fingerprint density at radius 1 is 1.24 bits per heavy atom. The number of rotatable bonds is 6. The van der Waals surface area contributed by atoms with E-state index in [0.717, 1.165) is 11.8 Å². The SMILES string of the molecule is C=C1[C@@H]2CCC(C)(C)[C@H]1C[C@H](C)C2C(=C)C(C)(CC)CCCC.CC. The van der Waals surface area contributed by atoms with E-state index in [0.29, 0.717) is 22.7 Å². The minimum atomic E-state index is 0.315. The van der Waals surface area contributed by atoms with Gasteiger partial charge in [-0.25, -0.2) is 0 Å². The van der Waals surface area contributed by atoms with E-state index in [1.807, 2.05) is 13.8 Å². The molecule has 0 heteroatoms.